The number of nitrogens with zero attached hydrogens (tertiary/aromatic N) is 2. The Morgan fingerprint density at radius 2 is 1.80 bits per heavy atom. The van der Waals surface area contributed by atoms with E-state index in [1.807, 2.05) is 0 Å². The van der Waals surface area contributed by atoms with Crippen molar-refractivity contribution < 1.29 is 9.47 Å². The second kappa shape index (κ2) is 3.90. The summed E-state index contributed by atoms with van der Waals surface area (Å²) in [7, 11) is 0. The molecule has 2 aliphatic heterocycles. The second-order valence-corrected chi connectivity index (χ2v) is 4.08. The van der Waals surface area contributed by atoms with E-state index in [9.17, 15) is 0 Å². The van der Waals surface area contributed by atoms with Gasteiger partial charge >= 0.3 is 0 Å². The number of aromatic amines is 1. The number of hydrogen-bond donors (Lipinski definition) is 1. The highest BCUT2D eigenvalue weighted by molar-refractivity contribution is 4.99. The zero-order valence-electron chi connectivity index (χ0n) is 8.61. The Morgan fingerprint density at radius 1 is 1.07 bits per heavy atom. The zero-order chi connectivity index (χ0) is 10.1. The molecule has 0 spiro atoms. The van der Waals surface area contributed by atoms with E-state index in [4.69, 9.17) is 9.47 Å². The Kier molecular flexibility index (Phi) is 2.42. The molecule has 3 heterocycles. The Bertz CT molecular complexity index is 297. The third-order valence-corrected chi connectivity index (χ3v) is 2.97. The van der Waals surface area contributed by atoms with Crippen molar-refractivity contribution in [2.75, 3.05) is 13.2 Å². The van der Waals surface area contributed by atoms with Crippen LogP contribution in [0.4, 0.5) is 0 Å². The van der Waals surface area contributed by atoms with E-state index >= 15 is 0 Å². The first kappa shape index (κ1) is 9.30. The maximum Gasteiger partial charge on any atom is 0.179 e. The fourth-order valence-electron chi connectivity index (χ4n) is 2.15. The summed E-state index contributed by atoms with van der Waals surface area (Å²) in [6, 6.07) is 0. The van der Waals surface area contributed by atoms with E-state index in [1.165, 1.54) is 0 Å². The van der Waals surface area contributed by atoms with Gasteiger partial charge in [0.15, 0.2) is 11.6 Å². The lowest BCUT2D eigenvalue weighted by Crippen LogP contribution is -2.00. The fraction of sp³-hybridized carbons (Fsp3) is 0.800. The van der Waals surface area contributed by atoms with Gasteiger partial charge in [-0.15, -0.1) is 0 Å². The van der Waals surface area contributed by atoms with E-state index in [1.54, 1.807) is 0 Å². The van der Waals surface area contributed by atoms with Crippen LogP contribution >= 0.6 is 0 Å². The third-order valence-electron chi connectivity index (χ3n) is 2.97. The molecule has 2 atom stereocenters. The van der Waals surface area contributed by atoms with Crippen LogP contribution in [0.1, 0.15) is 49.5 Å². The number of aromatic nitrogens is 3. The van der Waals surface area contributed by atoms with E-state index in [0.29, 0.717) is 0 Å². The smallest absolute Gasteiger partial charge is 0.179 e. The molecule has 1 N–H and O–H groups in total. The predicted octanol–water partition coefficient (Wildman–Crippen LogP) is 1.51. The summed E-state index contributed by atoms with van der Waals surface area (Å²) in [6.07, 6.45) is 4.50. The minimum atomic E-state index is 0.0939. The molecule has 82 valence electrons. The summed E-state index contributed by atoms with van der Waals surface area (Å²) >= 11 is 0. The minimum Gasteiger partial charge on any atom is -0.370 e. The van der Waals surface area contributed by atoms with Crippen LogP contribution in [0.25, 0.3) is 0 Å². The lowest BCUT2D eigenvalue weighted by atomic mass is 10.2. The molecule has 0 amide bonds. The van der Waals surface area contributed by atoms with Crippen LogP contribution in [0, 0.1) is 0 Å². The summed E-state index contributed by atoms with van der Waals surface area (Å²) in [5.74, 6) is 1.65. The Morgan fingerprint density at radius 3 is 2.47 bits per heavy atom. The monoisotopic (exact) mass is 209 g/mol. The van der Waals surface area contributed by atoms with Crippen LogP contribution in [0.15, 0.2) is 0 Å². The third kappa shape index (κ3) is 1.77. The summed E-state index contributed by atoms with van der Waals surface area (Å²) in [6.45, 7) is 1.66. The minimum absolute atomic E-state index is 0.0939. The maximum atomic E-state index is 5.54. The Labute approximate surface area is 88.2 Å². The zero-order valence-corrected chi connectivity index (χ0v) is 8.61. The molecule has 2 saturated heterocycles. The van der Waals surface area contributed by atoms with Gasteiger partial charge in [-0.3, -0.25) is 5.10 Å². The largest absolute Gasteiger partial charge is 0.370 e. The highest BCUT2D eigenvalue weighted by Crippen LogP contribution is 2.29. The van der Waals surface area contributed by atoms with Gasteiger partial charge in [-0.2, -0.15) is 5.10 Å². The average Bonchev–Trinajstić information content (AvgIpc) is 3.02. The summed E-state index contributed by atoms with van der Waals surface area (Å²) in [5, 5.41) is 7.16. The molecule has 3 rings (SSSR count). The first-order valence-corrected chi connectivity index (χ1v) is 5.59. The van der Waals surface area contributed by atoms with Crippen molar-refractivity contribution >= 4 is 0 Å². The summed E-state index contributed by atoms with van der Waals surface area (Å²) < 4.78 is 11.1. The van der Waals surface area contributed by atoms with Crippen molar-refractivity contribution in [3.8, 4) is 0 Å². The molecule has 5 nitrogen and oxygen atoms in total. The van der Waals surface area contributed by atoms with E-state index in [-0.39, 0.29) is 12.2 Å². The van der Waals surface area contributed by atoms with Gasteiger partial charge in [0.2, 0.25) is 0 Å². The van der Waals surface area contributed by atoms with Gasteiger partial charge in [-0.25, -0.2) is 4.98 Å². The first-order chi connectivity index (χ1) is 7.43. The summed E-state index contributed by atoms with van der Waals surface area (Å²) in [5.41, 5.74) is 0. The van der Waals surface area contributed by atoms with Crippen LogP contribution in [0.5, 0.6) is 0 Å². The predicted molar refractivity (Wildman–Crippen MR) is 52.2 cm³/mol. The van der Waals surface area contributed by atoms with E-state index < -0.39 is 0 Å². The number of ether oxygens (including phenoxy) is 2. The molecule has 0 bridgehead atoms. The highest BCUT2D eigenvalue weighted by Gasteiger charge is 2.25. The van der Waals surface area contributed by atoms with Crippen molar-refractivity contribution in [3.63, 3.8) is 0 Å². The van der Waals surface area contributed by atoms with Gasteiger partial charge in [0.1, 0.15) is 12.2 Å². The Hall–Kier alpha value is -0.940. The molecular weight excluding hydrogens is 194 g/mol. The number of rotatable bonds is 2. The van der Waals surface area contributed by atoms with Crippen LogP contribution in [0.3, 0.4) is 0 Å². The van der Waals surface area contributed by atoms with Gasteiger partial charge in [-0.1, -0.05) is 0 Å². The molecule has 2 unspecified atom stereocenters. The molecule has 15 heavy (non-hydrogen) atoms. The lowest BCUT2D eigenvalue weighted by Gasteiger charge is -2.04. The van der Waals surface area contributed by atoms with Crippen LogP contribution < -0.4 is 0 Å². The number of hydrogen-bond acceptors (Lipinski definition) is 4. The maximum absolute atomic E-state index is 5.54. The van der Waals surface area contributed by atoms with E-state index in [0.717, 1.165) is 50.5 Å². The molecule has 0 saturated carbocycles. The fourth-order valence-corrected chi connectivity index (χ4v) is 2.15. The second-order valence-electron chi connectivity index (χ2n) is 4.08. The highest BCUT2D eigenvalue weighted by atomic mass is 16.5. The standard InChI is InChI=1S/C10H15N3O2/c1-3-7(14-5-1)9-11-10(13-12-9)8-4-2-6-15-8/h7-8H,1-6H2,(H,11,12,13). The van der Waals surface area contributed by atoms with Gasteiger partial charge < -0.3 is 9.47 Å². The number of H-pyrrole nitrogens is 1. The quantitative estimate of drug-likeness (QED) is 0.802. The lowest BCUT2D eigenvalue weighted by molar-refractivity contribution is 0.100. The summed E-state index contributed by atoms with van der Waals surface area (Å²) in [4.78, 5) is 4.46. The van der Waals surface area contributed by atoms with Crippen molar-refractivity contribution in [2.45, 2.75) is 37.9 Å². The van der Waals surface area contributed by atoms with Gasteiger partial charge in [0, 0.05) is 13.2 Å². The SMILES string of the molecule is C1COC(c2n[nH]c(C3CCCO3)n2)C1. The molecule has 0 aliphatic carbocycles. The molecular formula is C10H15N3O2. The number of nitrogens with one attached hydrogen (secondary N) is 1. The molecule has 0 aromatic carbocycles. The molecule has 1 aromatic heterocycles. The van der Waals surface area contributed by atoms with Gasteiger partial charge in [0.25, 0.3) is 0 Å². The first-order valence-electron chi connectivity index (χ1n) is 5.59. The van der Waals surface area contributed by atoms with Gasteiger partial charge in [0.05, 0.1) is 0 Å². The molecule has 1 aromatic rings. The molecule has 5 heteroatoms. The molecule has 0 radical (unpaired) electrons. The molecule has 2 fully saturated rings. The van der Waals surface area contributed by atoms with Crippen LogP contribution in [-0.4, -0.2) is 28.4 Å². The van der Waals surface area contributed by atoms with Crippen molar-refractivity contribution in [2.24, 2.45) is 0 Å². The van der Waals surface area contributed by atoms with Crippen LogP contribution in [0.2, 0.25) is 0 Å². The Balaban J connectivity index is 1.74. The topological polar surface area (TPSA) is 60.0 Å². The normalized spacial score (nSPS) is 31.2. The van der Waals surface area contributed by atoms with E-state index in [2.05, 4.69) is 15.2 Å². The van der Waals surface area contributed by atoms with Crippen LogP contribution in [-0.2, 0) is 9.47 Å². The van der Waals surface area contributed by atoms with Crippen molar-refractivity contribution in [1.82, 2.24) is 15.2 Å². The van der Waals surface area contributed by atoms with Gasteiger partial charge in [-0.05, 0) is 25.7 Å². The van der Waals surface area contributed by atoms with Crippen molar-refractivity contribution in [3.05, 3.63) is 11.6 Å². The van der Waals surface area contributed by atoms with Crippen molar-refractivity contribution in [1.29, 1.82) is 0 Å². The molecule has 2 aliphatic rings. The average molecular weight is 209 g/mol.